The number of halogens is 3. The van der Waals surface area contributed by atoms with Gasteiger partial charge in [0.1, 0.15) is 23.2 Å². The summed E-state index contributed by atoms with van der Waals surface area (Å²) in [5.74, 6) is 1.79. The van der Waals surface area contributed by atoms with E-state index >= 15 is 0 Å². The normalized spacial score (nSPS) is 18.8. The van der Waals surface area contributed by atoms with Gasteiger partial charge in [0.15, 0.2) is 5.82 Å². The number of aromatic nitrogens is 5. The highest BCUT2D eigenvalue weighted by molar-refractivity contribution is 5.73. The minimum atomic E-state index is -4.81. The van der Waals surface area contributed by atoms with Crippen molar-refractivity contribution in [3.05, 3.63) is 36.8 Å². The molecule has 1 N–H and O–H groups in total. The van der Waals surface area contributed by atoms with Crippen molar-refractivity contribution >= 4 is 23.4 Å². The summed E-state index contributed by atoms with van der Waals surface area (Å²) in [6.45, 7) is 6.83. The van der Waals surface area contributed by atoms with Crippen LogP contribution in [0.1, 0.15) is 19.8 Å². The Labute approximate surface area is 228 Å². The van der Waals surface area contributed by atoms with Crippen LogP contribution in [0.4, 0.5) is 30.6 Å². The molecular weight excluding hydrogens is 529 g/mol. The minimum absolute atomic E-state index is 0.103. The highest BCUT2D eigenvalue weighted by atomic mass is 19.4. The Morgan fingerprint density at radius 1 is 1.18 bits per heavy atom. The van der Waals surface area contributed by atoms with E-state index in [2.05, 4.69) is 30.0 Å². The Hall–Kier alpha value is -3.94. The number of ether oxygens (including phenoxy) is 2. The van der Waals surface area contributed by atoms with Gasteiger partial charge in [0.25, 0.3) is 0 Å². The number of nitrogens with zero attached hydrogens (tertiary/aromatic N) is 7. The number of anilines is 3. The van der Waals surface area contributed by atoms with Gasteiger partial charge in [0.2, 0.25) is 5.91 Å². The SMILES string of the molecule is CC(=O)N1CCC2(CC1)CN(c1cc(Nc3cc(OC(F)(F)F)ccn3)nc(-c3cnn(CC4COC4)c3)n1)C2. The van der Waals surface area contributed by atoms with Crippen LogP contribution < -0.4 is 15.0 Å². The Bertz CT molecular complexity index is 1380. The number of amides is 1. The molecule has 0 aromatic carbocycles. The van der Waals surface area contributed by atoms with Gasteiger partial charge in [-0.25, -0.2) is 15.0 Å². The first-order valence-electron chi connectivity index (χ1n) is 13.1. The van der Waals surface area contributed by atoms with Crippen LogP contribution in [0.2, 0.25) is 0 Å². The molecule has 0 unspecified atom stereocenters. The van der Waals surface area contributed by atoms with E-state index in [4.69, 9.17) is 9.72 Å². The van der Waals surface area contributed by atoms with Crippen LogP contribution in [-0.2, 0) is 16.1 Å². The van der Waals surface area contributed by atoms with Gasteiger partial charge in [-0.1, -0.05) is 0 Å². The van der Waals surface area contributed by atoms with Crippen molar-refractivity contribution in [2.75, 3.05) is 49.6 Å². The molecule has 1 amide bonds. The lowest BCUT2D eigenvalue weighted by Gasteiger charge is -2.54. The van der Waals surface area contributed by atoms with Gasteiger partial charge in [-0.05, 0) is 18.9 Å². The standard InChI is InChI=1S/C26H29F3N8O3/c1-17(38)35-6-3-25(4-7-35)15-36(16-25)23-9-22(32-21-8-20(2-5-30-21)40-26(27,28)29)33-24(34-23)19-10-31-37(12-19)11-18-13-39-14-18/h2,5,8-10,12,18H,3-4,6-7,11,13-16H2,1H3,(H,30,32,33,34). The maximum absolute atomic E-state index is 12.7. The second-order valence-corrected chi connectivity index (χ2v) is 10.7. The third kappa shape index (κ3) is 5.81. The number of piperidine rings is 1. The minimum Gasteiger partial charge on any atom is -0.406 e. The molecule has 6 heterocycles. The third-order valence-corrected chi connectivity index (χ3v) is 7.62. The van der Waals surface area contributed by atoms with Gasteiger partial charge in [-0.15, -0.1) is 13.2 Å². The summed E-state index contributed by atoms with van der Waals surface area (Å²) in [7, 11) is 0. The van der Waals surface area contributed by atoms with E-state index < -0.39 is 6.36 Å². The molecule has 1 spiro atoms. The first kappa shape index (κ1) is 26.3. The molecule has 0 atom stereocenters. The first-order chi connectivity index (χ1) is 19.1. The smallest absolute Gasteiger partial charge is 0.406 e. The van der Waals surface area contributed by atoms with Crippen molar-refractivity contribution in [2.24, 2.45) is 11.3 Å². The van der Waals surface area contributed by atoms with Crippen LogP contribution >= 0.6 is 0 Å². The first-order valence-corrected chi connectivity index (χ1v) is 13.1. The number of carbonyl (C=O) groups is 1. The monoisotopic (exact) mass is 558 g/mol. The fourth-order valence-electron chi connectivity index (χ4n) is 5.37. The van der Waals surface area contributed by atoms with E-state index in [-0.39, 0.29) is 22.9 Å². The van der Waals surface area contributed by atoms with Crippen LogP contribution in [0.3, 0.4) is 0 Å². The number of hydrogen-bond donors (Lipinski definition) is 1. The number of hydrogen-bond acceptors (Lipinski definition) is 9. The number of nitrogens with one attached hydrogen (secondary N) is 1. The topological polar surface area (TPSA) is 111 Å². The van der Waals surface area contributed by atoms with Gasteiger partial charge < -0.3 is 24.6 Å². The summed E-state index contributed by atoms with van der Waals surface area (Å²) >= 11 is 0. The Kier molecular flexibility index (Phi) is 6.72. The molecule has 3 fully saturated rings. The molecule has 0 aliphatic carbocycles. The molecule has 3 aliphatic heterocycles. The van der Waals surface area contributed by atoms with E-state index in [1.54, 1.807) is 19.2 Å². The van der Waals surface area contributed by atoms with E-state index in [0.717, 1.165) is 63.3 Å². The lowest BCUT2D eigenvalue weighted by molar-refractivity contribution is -0.274. The van der Waals surface area contributed by atoms with E-state index in [1.165, 1.54) is 6.20 Å². The Balaban J connectivity index is 1.24. The van der Waals surface area contributed by atoms with Crippen molar-refractivity contribution in [1.82, 2.24) is 29.6 Å². The van der Waals surface area contributed by atoms with E-state index in [9.17, 15) is 18.0 Å². The number of pyridine rings is 1. The fraction of sp³-hybridized carbons (Fsp3) is 0.500. The summed E-state index contributed by atoms with van der Waals surface area (Å²) in [4.78, 5) is 29.4. The summed E-state index contributed by atoms with van der Waals surface area (Å²) in [5.41, 5.74) is 0.850. The van der Waals surface area contributed by atoms with Gasteiger partial charge in [-0.3, -0.25) is 9.48 Å². The van der Waals surface area contributed by atoms with Crippen LogP contribution in [-0.4, -0.2) is 81.3 Å². The largest absolute Gasteiger partial charge is 0.573 e. The molecule has 3 saturated heterocycles. The van der Waals surface area contributed by atoms with Gasteiger partial charge in [-0.2, -0.15) is 5.10 Å². The van der Waals surface area contributed by atoms with E-state index in [1.807, 2.05) is 15.8 Å². The molecule has 0 bridgehead atoms. The molecule has 212 valence electrons. The van der Waals surface area contributed by atoms with Gasteiger partial charge in [0.05, 0.1) is 25.0 Å². The molecular formula is C26H29F3N8O3. The zero-order chi connectivity index (χ0) is 27.9. The summed E-state index contributed by atoms with van der Waals surface area (Å²) < 4.78 is 49.3. The molecule has 11 nitrogen and oxygen atoms in total. The van der Waals surface area contributed by atoms with E-state index in [0.29, 0.717) is 36.6 Å². The van der Waals surface area contributed by atoms with Crippen molar-refractivity contribution in [2.45, 2.75) is 32.7 Å². The maximum Gasteiger partial charge on any atom is 0.573 e. The number of carbonyl (C=O) groups excluding carboxylic acids is 1. The second kappa shape index (κ2) is 10.2. The van der Waals surface area contributed by atoms with Crippen molar-refractivity contribution < 1.29 is 27.4 Å². The molecule has 40 heavy (non-hydrogen) atoms. The fourth-order valence-corrected chi connectivity index (χ4v) is 5.37. The van der Waals surface area contributed by atoms with Gasteiger partial charge in [0, 0.05) is 75.5 Å². The van der Waals surface area contributed by atoms with Crippen LogP contribution in [0.5, 0.6) is 5.75 Å². The highest BCUT2D eigenvalue weighted by Crippen LogP contribution is 2.43. The van der Waals surface area contributed by atoms with Crippen molar-refractivity contribution in [3.63, 3.8) is 0 Å². The number of likely N-dealkylation sites (tertiary alicyclic amines) is 1. The third-order valence-electron chi connectivity index (χ3n) is 7.62. The summed E-state index contributed by atoms with van der Waals surface area (Å²) in [6.07, 6.45) is 1.86. The molecule has 3 aromatic heterocycles. The quantitative estimate of drug-likeness (QED) is 0.466. The number of rotatable bonds is 7. The molecule has 6 rings (SSSR count). The average molecular weight is 559 g/mol. The molecule has 0 saturated carbocycles. The predicted molar refractivity (Wildman–Crippen MR) is 138 cm³/mol. The Morgan fingerprint density at radius 2 is 1.95 bits per heavy atom. The predicted octanol–water partition coefficient (Wildman–Crippen LogP) is 3.47. The number of alkyl halides is 3. The molecule has 0 radical (unpaired) electrons. The average Bonchev–Trinajstić information content (AvgIpc) is 3.33. The molecule has 3 aliphatic rings. The lowest BCUT2D eigenvalue weighted by Crippen LogP contribution is -2.61. The lowest BCUT2D eigenvalue weighted by atomic mass is 9.72. The van der Waals surface area contributed by atoms with Crippen LogP contribution in [0.15, 0.2) is 36.8 Å². The van der Waals surface area contributed by atoms with Crippen LogP contribution in [0.25, 0.3) is 11.4 Å². The summed E-state index contributed by atoms with van der Waals surface area (Å²) in [5, 5.41) is 7.46. The van der Waals surface area contributed by atoms with Crippen molar-refractivity contribution in [1.29, 1.82) is 0 Å². The maximum atomic E-state index is 12.7. The second-order valence-electron chi connectivity index (χ2n) is 10.7. The molecule has 14 heteroatoms. The summed E-state index contributed by atoms with van der Waals surface area (Å²) in [6, 6.07) is 4.05. The Morgan fingerprint density at radius 3 is 2.62 bits per heavy atom. The zero-order valence-corrected chi connectivity index (χ0v) is 21.9. The highest BCUT2D eigenvalue weighted by Gasteiger charge is 2.46. The molecule has 3 aromatic rings. The van der Waals surface area contributed by atoms with Gasteiger partial charge >= 0.3 is 6.36 Å². The van der Waals surface area contributed by atoms with Crippen LogP contribution in [0, 0.1) is 11.3 Å². The zero-order valence-electron chi connectivity index (χ0n) is 21.9. The van der Waals surface area contributed by atoms with Crippen molar-refractivity contribution in [3.8, 4) is 17.1 Å².